The van der Waals surface area contributed by atoms with Crippen molar-refractivity contribution in [3.8, 4) is 11.5 Å². The quantitative estimate of drug-likeness (QED) is 0.163. The van der Waals surface area contributed by atoms with Crippen LogP contribution in [0.4, 0.5) is 0 Å². The van der Waals surface area contributed by atoms with Crippen molar-refractivity contribution >= 4 is 51.6 Å². The number of carbonyl (C=O) groups is 2. The highest BCUT2D eigenvalue weighted by molar-refractivity contribution is 6.47. The minimum Gasteiger partial charge on any atom is -0.508 e. The lowest BCUT2D eigenvalue weighted by molar-refractivity contribution is -0.139. The van der Waals surface area contributed by atoms with Gasteiger partial charge in [0.2, 0.25) is 0 Å². The Morgan fingerprint density at radius 3 is 2.62 bits per heavy atom. The van der Waals surface area contributed by atoms with Crippen LogP contribution >= 0.6 is 23.2 Å². The number of phenolic OH excluding ortho intramolecular Hbond substituents is 1. The number of ether oxygens (including phenoxy) is 1. The summed E-state index contributed by atoms with van der Waals surface area (Å²) in [5.41, 5.74) is 2.40. The molecule has 1 aromatic heterocycles. The number of aliphatic hydroxyl groups excluding tert-OH is 1. The van der Waals surface area contributed by atoms with Crippen molar-refractivity contribution in [2.45, 2.75) is 12.5 Å². The minimum absolute atomic E-state index is 0.0312. The molecule has 1 saturated heterocycles. The molecule has 1 fully saturated rings. The number of nitrogens with zero attached hydrogens (tertiary/aromatic N) is 1. The van der Waals surface area contributed by atoms with Gasteiger partial charge in [-0.3, -0.25) is 9.59 Å². The number of aliphatic hydroxyl groups is 1. The van der Waals surface area contributed by atoms with Crippen LogP contribution in [0, 0.1) is 0 Å². The number of halogens is 2. The van der Waals surface area contributed by atoms with E-state index in [4.69, 9.17) is 27.9 Å². The van der Waals surface area contributed by atoms with E-state index in [9.17, 15) is 19.8 Å². The monoisotopic (exact) mass is 536 g/mol. The number of phenols is 1. The molecule has 0 bridgehead atoms. The number of aromatic nitrogens is 1. The van der Waals surface area contributed by atoms with Gasteiger partial charge in [-0.25, -0.2) is 0 Å². The number of likely N-dealkylation sites (tertiary alicyclic amines) is 1. The summed E-state index contributed by atoms with van der Waals surface area (Å²) < 4.78 is 5.34. The van der Waals surface area contributed by atoms with E-state index in [1.807, 2.05) is 24.4 Å². The van der Waals surface area contributed by atoms with Crippen LogP contribution in [0.25, 0.3) is 16.7 Å². The number of H-pyrrole nitrogens is 1. The number of hydrogen-bond donors (Lipinski definition) is 3. The highest BCUT2D eigenvalue weighted by Crippen LogP contribution is 2.41. The summed E-state index contributed by atoms with van der Waals surface area (Å²) >= 11 is 12.3. The van der Waals surface area contributed by atoms with Crippen LogP contribution in [0.1, 0.15) is 22.7 Å². The number of ketones is 1. The van der Waals surface area contributed by atoms with Gasteiger partial charge < -0.3 is 24.8 Å². The van der Waals surface area contributed by atoms with Crippen molar-refractivity contribution < 1.29 is 24.5 Å². The number of Topliss-reactive ketones (excluding diaryl/α,β-unsaturated/α-hetero) is 1. The number of benzene rings is 3. The van der Waals surface area contributed by atoms with Gasteiger partial charge in [-0.05, 0) is 66.1 Å². The van der Waals surface area contributed by atoms with Crippen LogP contribution in [0.3, 0.4) is 0 Å². The van der Waals surface area contributed by atoms with Gasteiger partial charge in [-0.2, -0.15) is 0 Å². The number of amides is 1. The van der Waals surface area contributed by atoms with Gasteiger partial charge in [0.05, 0.1) is 23.7 Å². The smallest absolute Gasteiger partial charge is 0.295 e. The lowest BCUT2D eigenvalue weighted by Crippen LogP contribution is -2.31. The van der Waals surface area contributed by atoms with Crippen molar-refractivity contribution in [1.29, 1.82) is 0 Å². The Hall–Kier alpha value is -3.94. The van der Waals surface area contributed by atoms with Crippen LogP contribution in [0.2, 0.25) is 10.0 Å². The summed E-state index contributed by atoms with van der Waals surface area (Å²) in [6, 6.07) is 15.5. The van der Waals surface area contributed by atoms with Gasteiger partial charge in [0.25, 0.3) is 11.7 Å². The molecule has 0 spiro atoms. The van der Waals surface area contributed by atoms with Gasteiger partial charge in [-0.1, -0.05) is 35.3 Å². The van der Waals surface area contributed by atoms with Gasteiger partial charge in [0.15, 0.2) is 0 Å². The molecular formula is C28H22Cl2N2O5. The van der Waals surface area contributed by atoms with Crippen molar-refractivity contribution in [3.05, 3.63) is 99.2 Å². The molecule has 3 aromatic carbocycles. The molecule has 2 heterocycles. The minimum atomic E-state index is -0.932. The third-order valence-electron chi connectivity index (χ3n) is 6.51. The SMILES string of the molecule is COc1ccc2[nH]cc(CCN3C(=O)C(=O)/C(=C(\O)c4ccc(Cl)cc4Cl)C3c3cccc(O)c3)c2c1. The first-order valence-electron chi connectivity index (χ1n) is 11.4. The molecule has 3 N–H and O–H groups in total. The first kappa shape index (κ1) is 24.7. The fraction of sp³-hybridized carbons (Fsp3) is 0.143. The molecule has 37 heavy (non-hydrogen) atoms. The van der Waals surface area contributed by atoms with Crippen LogP contribution in [-0.4, -0.2) is 45.4 Å². The number of fused-ring (bicyclic) bond motifs is 1. The molecule has 0 saturated carbocycles. The second-order valence-corrected chi connectivity index (χ2v) is 9.53. The first-order valence-corrected chi connectivity index (χ1v) is 12.2. The van der Waals surface area contributed by atoms with E-state index in [-0.39, 0.29) is 28.5 Å². The standard InChI is InChI=1S/C28H22Cl2N2O5/c1-37-19-6-8-23-21(13-19)16(14-31-23)9-10-32-25(15-3-2-4-18(33)11-15)24(27(35)28(32)36)26(34)20-7-5-17(29)12-22(20)30/h2-8,11-14,25,31,33-34H,9-10H2,1H3/b26-24-. The predicted octanol–water partition coefficient (Wildman–Crippen LogP) is 5.85. The summed E-state index contributed by atoms with van der Waals surface area (Å²) in [7, 11) is 1.59. The molecular weight excluding hydrogens is 515 g/mol. The average molecular weight is 537 g/mol. The maximum Gasteiger partial charge on any atom is 0.295 e. The van der Waals surface area contributed by atoms with Crippen molar-refractivity contribution in [1.82, 2.24) is 9.88 Å². The molecule has 7 nitrogen and oxygen atoms in total. The van der Waals surface area contributed by atoms with Gasteiger partial charge in [0, 0.05) is 34.2 Å². The highest BCUT2D eigenvalue weighted by atomic mass is 35.5. The number of carbonyl (C=O) groups excluding carboxylic acids is 2. The Balaban J connectivity index is 1.58. The largest absolute Gasteiger partial charge is 0.508 e. The van der Waals surface area contributed by atoms with Crippen LogP contribution in [-0.2, 0) is 16.0 Å². The Kier molecular flexibility index (Phi) is 6.58. The Morgan fingerprint density at radius 1 is 1.08 bits per heavy atom. The van der Waals surface area contributed by atoms with Gasteiger partial charge in [-0.15, -0.1) is 0 Å². The Labute approximate surface area is 222 Å². The summed E-state index contributed by atoms with van der Waals surface area (Å²) in [4.78, 5) is 31.2. The van der Waals surface area contributed by atoms with E-state index in [0.717, 1.165) is 16.5 Å². The Morgan fingerprint density at radius 2 is 1.89 bits per heavy atom. The molecule has 5 rings (SSSR count). The summed E-state index contributed by atoms with van der Waals surface area (Å²) in [5.74, 6) is -1.33. The molecule has 1 aliphatic heterocycles. The lowest BCUT2D eigenvalue weighted by atomic mass is 9.95. The highest BCUT2D eigenvalue weighted by Gasteiger charge is 2.46. The fourth-order valence-electron chi connectivity index (χ4n) is 4.71. The van der Waals surface area contributed by atoms with Gasteiger partial charge in [0.1, 0.15) is 17.3 Å². The maximum atomic E-state index is 13.3. The zero-order chi connectivity index (χ0) is 26.3. The molecule has 0 radical (unpaired) electrons. The topological polar surface area (TPSA) is 103 Å². The molecule has 188 valence electrons. The Bertz CT molecular complexity index is 1580. The van der Waals surface area contributed by atoms with E-state index in [1.54, 1.807) is 19.2 Å². The molecule has 9 heteroatoms. The molecule has 1 unspecified atom stereocenters. The zero-order valence-corrected chi connectivity index (χ0v) is 21.2. The van der Waals surface area contributed by atoms with Crippen LogP contribution in [0.15, 0.2) is 72.4 Å². The molecule has 4 aromatic rings. The lowest BCUT2D eigenvalue weighted by Gasteiger charge is -2.25. The van der Waals surface area contributed by atoms with Crippen LogP contribution in [0.5, 0.6) is 11.5 Å². The number of rotatable bonds is 6. The molecule has 0 aliphatic carbocycles. The summed E-state index contributed by atoms with van der Waals surface area (Å²) in [5, 5.41) is 22.8. The van der Waals surface area contributed by atoms with Crippen molar-refractivity contribution in [2.24, 2.45) is 0 Å². The number of aromatic amines is 1. The third kappa shape index (κ3) is 4.52. The third-order valence-corrected chi connectivity index (χ3v) is 7.06. The second-order valence-electron chi connectivity index (χ2n) is 8.69. The first-order chi connectivity index (χ1) is 17.8. The van der Waals surface area contributed by atoms with Crippen molar-refractivity contribution in [2.75, 3.05) is 13.7 Å². The van der Waals surface area contributed by atoms with E-state index in [0.29, 0.717) is 22.8 Å². The summed E-state index contributed by atoms with van der Waals surface area (Å²) in [6.07, 6.45) is 2.29. The number of methoxy groups -OCH3 is 1. The van der Waals surface area contributed by atoms with E-state index < -0.39 is 23.5 Å². The van der Waals surface area contributed by atoms with E-state index in [1.165, 1.54) is 35.2 Å². The fourth-order valence-corrected chi connectivity index (χ4v) is 5.21. The zero-order valence-electron chi connectivity index (χ0n) is 19.7. The van der Waals surface area contributed by atoms with Crippen LogP contribution < -0.4 is 4.74 Å². The molecule has 1 amide bonds. The predicted molar refractivity (Wildman–Crippen MR) is 142 cm³/mol. The molecule has 1 aliphatic rings. The van der Waals surface area contributed by atoms with Gasteiger partial charge >= 0.3 is 0 Å². The average Bonchev–Trinajstić information content (AvgIpc) is 3.40. The number of nitrogens with one attached hydrogen (secondary N) is 1. The number of hydrogen-bond acceptors (Lipinski definition) is 5. The second kappa shape index (κ2) is 9.84. The molecule has 1 atom stereocenters. The normalized spacial score (nSPS) is 17.1. The van der Waals surface area contributed by atoms with E-state index >= 15 is 0 Å². The van der Waals surface area contributed by atoms with E-state index in [2.05, 4.69) is 4.98 Å². The summed E-state index contributed by atoms with van der Waals surface area (Å²) in [6.45, 7) is 0.181. The van der Waals surface area contributed by atoms with Crippen molar-refractivity contribution in [3.63, 3.8) is 0 Å². The number of aromatic hydroxyl groups is 1. The maximum absolute atomic E-state index is 13.3.